The van der Waals surface area contributed by atoms with Crippen LogP contribution in [0.5, 0.6) is 0 Å². The summed E-state index contributed by atoms with van der Waals surface area (Å²) in [5.41, 5.74) is 2.70. The molecular formula is C19H21N3O3S2. The molecule has 27 heavy (non-hydrogen) atoms. The number of thiophene rings is 1. The van der Waals surface area contributed by atoms with E-state index in [0.29, 0.717) is 17.9 Å². The smallest absolute Gasteiger partial charge is 0.243 e. The minimum atomic E-state index is -3.26. The number of imidazole rings is 1. The van der Waals surface area contributed by atoms with Gasteiger partial charge < -0.3 is 9.47 Å². The molecule has 3 heterocycles. The minimum absolute atomic E-state index is 0.0164. The summed E-state index contributed by atoms with van der Waals surface area (Å²) in [5.74, 6) is 0.212. The molecule has 3 aromatic rings. The lowest BCUT2D eigenvalue weighted by molar-refractivity contribution is -0.134. The maximum atomic E-state index is 13.1. The van der Waals surface area contributed by atoms with Gasteiger partial charge in [0.15, 0.2) is 9.84 Å². The number of fused-ring (bicyclic) bond motifs is 2. The Bertz CT molecular complexity index is 1110. The number of aromatic nitrogens is 2. The minimum Gasteiger partial charge on any atom is -0.334 e. The van der Waals surface area contributed by atoms with Crippen molar-refractivity contribution in [1.82, 2.24) is 14.5 Å². The molecule has 0 saturated heterocycles. The first kappa shape index (κ1) is 18.2. The molecule has 2 aromatic heterocycles. The zero-order chi connectivity index (χ0) is 19.2. The van der Waals surface area contributed by atoms with Gasteiger partial charge in [-0.3, -0.25) is 4.79 Å². The van der Waals surface area contributed by atoms with E-state index >= 15 is 0 Å². The van der Waals surface area contributed by atoms with Crippen LogP contribution in [0.3, 0.4) is 0 Å². The molecule has 1 amide bonds. The molecule has 1 atom stereocenters. The first-order valence-corrected chi connectivity index (χ1v) is 11.7. The molecule has 4 rings (SSSR count). The number of nitrogens with zero attached hydrogens (tertiary/aromatic N) is 3. The third-order valence-electron chi connectivity index (χ3n) is 5.02. The number of amides is 1. The van der Waals surface area contributed by atoms with E-state index in [0.717, 1.165) is 11.9 Å². The van der Waals surface area contributed by atoms with Crippen molar-refractivity contribution in [1.29, 1.82) is 0 Å². The van der Waals surface area contributed by atoms with E-state index in [1.165, 1.54) is 16.7 Å². The van der Waals surface area contributed by atoms with E-state index in [2.05, 4.69) is 16.4 Å². The molecule has 0 bridgehead atoms. The summed E-state index contributed by atoms with van der Waals surface area (Å²) < 4.78 is 25.4. The van der Waals surface area contributed by atoms with Crippen LogP contribution in [0.4, 0.5) is 0 Å². The second-order valence-corrected chi connectivity index (χ2v) is 10.1. The number of hydrogen-bond donors (Lipinski definition) is 0. The molecule has 0 spiro atoms. The average molecular weight is 404 g/mol. The average Bonchev–Trinajstić information content (AvgIpc) is 3.20. The van der Waals surface area contributed by atoms with Gasteiger partial charge in [-0.15, -0.1) is 11.3 Å². The van der Waals surface area contributed by atoms with Crippen LogP contribution < -0.4 is 0 Å². The maximum absolute atomic E-state index is 13.1. The van der Waals surface area contributed by atoms with Gasteiger partial charge in [-0.05, 0) is 42.5 Å². The summed E-state index contributed by atoms with van der Waals surface area (Å²) in [6.45, 7) is 2.82. The van der Waals surface area contributed by atoms with E-state index in [1.807, 2.05) is 36.1 Å². The lowest BCUT2D eigenvalue weighted by Crippen LogP contribution is -2.40. The van der Waals surface area contributed by atoms with E-state index in [4.69, 9.17) is 0 Å². The number of carbonyl (C=O) groups excluding carboxylic acids is 1. The predicted octanol–water partition coefficient (Wildman–Crippen LogP) is 2.79. The van der Waals surface area contributed by atoms with Crippen molar-refractivity contribution in [2.24, 2.45) is 0 Å². The highest BCUT2D eigenvalue weighted by Gasteiger charge is 2.29. The number of hydrogen-bond acceptors (Lipinski definition) is 5. The van der Waals surface area contributed by atoms with Crippen LogP contribution in [-0.2, 0) is 33.4 Å². The van der Waals surface area contributed by atoms with Crippen molar-refractivity contribution in [2.45, 2.75) is 31.7 Å². The van der Waals surface area contributed by atoms with E-state index in [9.17, 15) is 13.2 Å². The van der Waals surface area contributed by atoms with Gasteiger partial charge in [0.1, 0.15) is 18.1 Å². The maximum Gasteiger partial charge on any atom is 0.243 e. The molecule has 8 heteroatoms. The van der Waals surface area contributed by atoms with Gasteiger partial charge in [0.05, 0.1) is 17.1 Å². The van der Waals surface area contributed by atoms with Crippen molar-refractivity contribution in [3.63, 3.8) is 0 Å². The Morgan fingerprint density at radius 2 is 2.07 bits per heavy atom. The zero-order valence-electron chi connectivity index (χ0n) is 15.3. The Labute approximate surface area is 162 Å². The third kappa shape index (κ3) is 3.51. The van der Waals surface area contributed by atoms with Gasteiger partial charge in [0.25, 0.3) is 0 Å². The van der Waals surface area contributed by atoms with Crippen LogP contribution >= 0.6 is 11.3 Å². The predicted molar refractivity (Wildman–Crippen MR) is 106 cm³/mol. The van der Waals surface area contributed by atoms with Crippen LogP contribution in [0.1, 0.15) is 29.2 Å². The summed E-state index contributed by atoms with van der Waals surface area (Å²) in [7, 11) is -3.26. The van der Waals surface area contributed by atoms with Gasteiger partial charge >= 0.3 is 0 Å². The van der Waals surface area contributed by atoms with Crippen LogP contribution in [0.2, 0.25) is 0 Å². The van der Waals surface area contributed by atoms with Crippen LogP contribution in [0.15, 0.2) is 35.7 Å². The lowest BCUT2D eigenvalue weighted by Gasteiger charge is -2.34. The number of carbonyl (C=O) groups is 1. The molecule has 142 valence electrons. The molecule has 0 aliphatic carbocycles. The Hall–Kier alpha value is -2.19. The van der Waals surface area contributed by atoms with E-state index in [-0.39, 0.29) is 24.2 Å². The molecule has 6 nitrogen and oxygen atoms in total. The molecule has 0 saturated carbocycles. The topological polar surface area (TPSA) is 72.3 Å². The molecular weight excluding hydrogens is 382 g/mol. The standard InChI is InChI=1S/C19H21N3O3S2/c1-13-14-8-10-26-17(14)7-9-21(13)19(23)11-22-16-6-4-3-5-15(16)20-18(22)12-27(2,24)25/h3-6,8,10,13H,7,9,11-12H2,1-2H3/t13-/m1/s1. The SMILES string of the molecule is C[C@@H]1c2ccsc2CCN1C(=O)Cn1c(CS(C)(=O)=O)nc2ccccc21. The first-order valence-electron chi connectivity index (χ1n) is 8.81. The third-order valence-corrected chi connectivity index (χ3v) is 6.79. The van der Waals surface area contributed by atoms with Gasteiger partial charge in [0.2, 0.25) is 5.91 Å². The van der Waals surface area contributed by atoms with Crippen LogP contribution in [-0.4, -0.2) is 41.6 Å². The summed E-state index contributed by atoms with van der Waals surface area (Å²) in [5, 5.41) is 2.07. The normalized spacial score (nSPS) is 17.3. The van der Waals surface area contributed by atoms with Gasteiger partial charge in [-0.2, -0.15) is 0 Å². The largest absolute Gasteiger partial charge is 0.334 e. The van der Waals surface area contributed by atoms with Gasteiger partial charge in [-0.25, -0.2) is 13.4 Å². The summed E-state index contributed by atoms with van der Waals surface area (Å²) in [4.78, 5) is 20.8. The highest BCUT2D eigenvalue weighted by Crippen LogP contribution is 2.33. The fourth-order valence-corrected chi connectivity index (χ4v) is 5.37. The fraction of sp³-hybridized carbons (Fsp3) is 0.368. The number of sulfone groups is 1. The summed E-state index contributed by atoms with van der Waals surface area (Å²) in [6, 6.07) is 9.56. The quantitative estimate of drug-likeness (QED) is 0.672. The Kier molecular flexibility index (Phi) is 4.55. The second kappa shape index (κ2) is 6.76. The number of benzene rings is 1. The monoisotopic (exact) mass is 403 g/mol. The van der Waals surface area contributed by atoms with Crippen molar-refractivity contribution in [3.05, 3.63) is 52.0 Å². The fourth-order valence-electron chi connectivity index (χ4n) is 3.72. The van der Waals surface area contributed by atoms with Gasteiger partial charge in [0, 0.05) is 17.7 Å². The first-order chi connectivity index (χ1) is 12.8. The van der Waals surface area contributed by atoms with Crippen molar-refractivity contribution >= 4 is 38.1 Å². The van der Waals surface area contributed by atoms with Gasteiger partial charge in [-0.1, -0.05) is 12.1 Å². The number of rotatable bonds is 4. The summed E-state index contributed by atoms with van der Waals surface area (Å²) >= 11 is 1.74. The highest BCUT2D eigenvalue weighted by atomic mass is 32.2. The molecule has 0 fully saturated rings. The molecule has 1 aromatic carbocycles. The Morgan fingerprint density at radius 3 is 2.85 bits per heavy atom. The molecule has 0 radical (unpaired) electrons. The summed E-state index contributed by atoms with van der Waals surface area (Å²) in [6.07, 6.45) is 2.05. The van der Waals surface area contributed by atoms with Crippen molar-refractivity contribution in [3.8, 4) is 0 Å². The van der Waals surface area contributed by atoms with Crippen LogP contribution in [0, 0.1) is 0 Å². The zero-order valence-corrected chi connectivity index (χ0v) is 16.9. The molecule has 0 unspecified atom stereocenters. The molecule has 1 aliphatic rings. The Balaban J connectivity index is 1.67. The highest BCUT2D eigenvalue weighted by molar-refractivity contribution is 7.89. The molecule has 0 N–H and O–H groups in total. The number of para-hydroxylation sites is 2. The Morgan fingerprint density at radius 1 is 1.30 bits per heavy atom. The van der Waals surface area contributed by atoms with E-state index in [1.54, 1.807) is 15.9 Å². The van der Waals surface area contributed by atoms with Crippen molar-refractivity contribution in [2.75, 3.05) is 12.8 Å². The molecule has 1 aliphatic heterocycles. The van der Waals surface area contributed by atoms with Crippen molar-refractivity contribution < 1.29 is 13.2 Å². The van der Waals surface area contributed by atoms with E-state index < -0.39 is 9.84 Å². The van der Waals surface area contributed by atoms with Crippen LogP contribution in [0.25, 0.3) is 11.0 Å². The second-order valence-electron chi connectivity index (χ2n) is 6.99. The lowest BCUT2D eigenvalue weighted by atomic mass is 10.0.